The number of phenolic OH excluding ortho intramolecular Hbond substituents is 1. The Morgan fingerprint density at radius 3 is 2.76 bits per heavy atom. The summed E-state index contributed by atoms with van der Waals surface area (Å²) in [4.78, 5) is 11.3. The van der Waals surface area contributed by atoms with Crippen LogP contribution < -0.4 is 5.73 Å². The summed E-state index contributed by atoms with van der Waals surface area (Å²) in [6.45, 7) is 1.99. The zero-order valence-corrected chi connectivity index (χ0v) is 10.8. The first-order valence-corrected chi connectivity index (χ1v) is 5.80. The number of hydrogen-bond acceptors (Lipinski definition) is 4. The van der Waals surface area contributed by atoms with E-state index in [0.717, 1.165) is 0 Å². The van der Waals surface area contributed by atoms with E-state index >= 15 is 0 Å². The van der Waals surface area contributed by atoms with Crippen molar-refractivity contribution in [3.8, 4) is 5.75 Å². The van der Waals surface area contributed by atoms with E-state index in [1.807, 2.05) is 0 Å². The molecule has 1 rings (SSSR count). The average Bonchev–Trinajstić information content (AvgIpc) is 2.23. The molecule has 0 radical (unpaired) electrons. The molecule has 0 aliphatic carbocycles. The molecule has 1 atom stereocenters. The van der Waals surface area contributed by atoms with Crippen molar-refractivity contribution in [2.24, 2.45) is 5.73 Å². The largest absolute Gasteiger partial charge is 0.506 e. The number of phenols is 1. The fraction of sp³-hybridized carbons (Fsp3) is 0.364. The molecule has 0 aliphatic rings. The van der Waals surface area contributed by atoms with Crippen LogP contribution in [0.4, 0.5) is 0 Å². The van der Waals surface area contributed by atoms with Crippen LogP contribution in [0.2, 0.25) is 10.0 Å². The fourth-order valence-electron chi connectivity index (χ4n) is 1.38. The molecule has 17 heavy (non-hydrogen) atoms. The first-order chi connectivity index (χ1) is 7.95. The molecule has 94 valence electrons. The zero-order valence-electron chi connectivity index (χ0n) is 9.24. The van der Waals surface area contributed by atoms with Gasteiger partial charge in [-0.1, -0.05) is 23.2 Å². The molecule has 0 aromatic heterocycles. The van der Waals surface area contributed by atoms with E-state index in [1.54, 1.807) is 6.92 Å². The van der Waals surface area contributed by atoms with Crippen LogP contribution in [0.25, 0.3) is 0 Å². The van der Waals surface area contributed by atoms with Crippen molar-refractivity contribution in [1.29, 1.82) is 0 Å². The summed E-state index contributed by atoms with van der Waals surface area (Å²) in [6, 6.07) is 2.18. The molecule has 6 heteroatoms. The van der Waals surface area contributed by atoms with Gasteiger partial charge in [-0.3, -0.25) is 4.79 Å². The van der Waals surface area contributed by atoms with Crippen molar-refractivity contribution in [2.75, 3.05) is 6.61 Å². The molecule has 0 spiro atoms. The Morgan fingerprint density at radius 1 is 1.53 bits per heavy atom. The van der Waals surface area contributed by atoms with Crippen LogP contribution in [0.3, 0.4) is 0 Å². The average molecular weight is 278 g/mol. The monoisotopic (exact) mass is 277 g/mol. The minimum Gasteiger partial charge on any atom is -0.506 e. The van der Waals surface area contributed by atoms with E-state index in [0.29, 0.717) is 10.6 Å². The van der Waals surface area contributed by atoms with Crippen molar-refractivity contribution in [3.63, 3.8) is 0 Å². The highest BCUT2D eigenvalue weighted by Crippen LogP contribution is 2.35. The maximum Gasteiger partial charge on any atom is 0.307 e. The highest BCUT2D eigenvalue weighted by Gasteiger charge is 2.18. The quantitative estimate of drug-likeness (QED) is 0.830. The highest BCUT2D eigenvalue weighted by molar-refractivity contribution is 6.35. The van der Waals surface area contributed by atoms with E-state index in [9.17, 15) is 9.90 Å². The van der Waals surface area contributed by atoms with Gasteiger partial charge in [0, 0.05) is 16.6 Å². The summed E-state index contributed by atoms with van der Waals surface area (Å²) in [5.41, 5.74) is 6.12. The predicted molar refractivity (Wildman–Crippen MR) is 66.3 cm³/mol. The summed E-state index contributed by atoms with van der Waals surface area (Å²) in [6.07, 6.45) is -0.0436. The van der Waals surface area contributed by atoms with Gasteiger partial charge in [0.15, 0.2) is 0 Å². The molecule has 0 amide bonds. The molecule has 0 bridgehead atoms. The SMILES string of the molecule is CCOC(=O)CC(N)c1cc(Cl)cc(Cl)c1O. The minimum atomic E-state index is -0.703. The topological polar surface area (TPSA) is 72.5 Å². The molecule has 1 aromatic rings. The normalized spacial score (nSPS) is 12.2. The third-order valence-corrected chi connectivity index (χ3v) is 2.66. The van der Waals surface area contributed by atoms with Crippen LogP contribution in [-0.2, 0) is 9.53 Å². The number of ether oxygens (including phenoxy) is 1. The Morgan fingerprint density at radius 2 is 2.18 bits per heavy atom. The maximum atomic E-state index is 11.3. The lowest BCUT2D eigenvalue weighted by Crippen LogP contribution is -2.17. The van der Waals surface area contributed by atoms with Crippen molar-refractivity contribution in [3.05, 3.63) is 27.7 Å². The summed E-state index contributed by atoms with van der Waals surface area (Å²) in [7, 11) is 0. The molecule has 0 fully saturated rings. The molecule has 1 aromatic carbocycles. The maximum absolute atomic E-state index is 11.3. The van der Waals surface area contributed by atoms with E-state index in [2.05, 4.69) is 0 Å². The van der Waals surface area contributed by atoms with Gasteiger partial charge in [-0.2, -0.15) is 0 Å². The van der Waals surface area contributed by atoms with Gasteiger partial charge in [-0.15, -0.1) is 0 Å². The molecule has 1 unspecified atom stereocenters. The molecule has 0 heterocycles. The number of carbonyl (C=O) groups is 1. The lowest BCUT2D eigenvalue weighted by Gasteiger charge is -2.14. The Balaban J connectivity index is 2.88. The second-order valence-electron chi connectivity index (χ2n) is 3.44. The number of hydrogen-bond donors (Lipinski definition) is 2. The first kappa shape index (κ1) is 14.1. The minimum absolute atomic E-state index is 0.0436. The van der Waals surface area contributed by atoms with Crippen LogP contribution in [0.5, 0.6) is 5.75 Å². The Labute approximate surface area is 109 Å². The third-order valence-electron chi connectivity index (χ3n) is 2.15. The number of nitrogens with two attached hydrogens (primary N) is 1. The number of carbonyl (C=O) groups excluding carboxylic acids is 1. The van der Waals surface area contributed by atoms with E-state index < -0.39 is 12.0 Å². The second kappa shape index (κ2) is 6.10. The number of aromatic hydroxyl groups is 1. The number of halogens is 2. The molecule has 3 N–H and O–H groups in total. The summed E-state index contributed by atoms with van der Waals surface area (Å²) >= 11 is 11.6. The number of benzene rings is 1. The molecular formula is C11H13Cl2NO3. The van der Waals surface area contributed by atoms with Crippen molar-refractivity contribution < 1.29 is 14.6 Å². The standard InChI is InChI=1S/C11H13Cl2NO3/c1-2-17-10(15)5-9(14)7-3-6(12)4-8(13)11(7)16/h3-4,9,16H,2,5,14H2,1H3. The molecule has 4 nitrogen and oxygen atoms in total. The van der Waals surface area contributed by atoms with Gasteiger partial charge in [0.2, 0.25) is 0 Å². The molecule has 0 saturated carbocycles. The fourth-order valence-corrected chi connectivity index (χ4v) is 1.89. The van der Waals surface area contributed by atoms with Crippen molar-refractivity contribution in [1.82, 2.24) is 0 Å². The lowest BCUT2D eigenvalue weighted by molar-refractivity contribution is -0.143. The summed E-state index contributed by atoms with van der Waals surface area (Å²) in [5, 5.41) is 10.2. The van der Waals surface area contributed by atoms with Crippen LogP contribution in [0.15, 0.2) is 12.1 Å². The number of esters is 1. The Kier molecular flexibility index (Phi) is 5.05. The van der Waals surface area contributed by atoms with Crippen molar-refractivity contribution >= 4 is 29.2 Å². The van der Waals surface area contributed by atoms with Crippen LogP contribution >= 0.6 is 23.2 Å². The van der Waals surface area contributed by atoms with Crippen molar-refractivity contribution in [2.45, 2.75) is 19.4 Å². The molecule has 0 saturated heterocycles. The van der Waals surface area contributed by atoms with Crippen LogP contribution in [0, 0.1) is 0 Å². The molecule has 0 aliphatic heterocycles. The van der Waals surface area contributed by atoms with Crippen LogP contribution in [-0.4, -0.2) is 17.7 Å². The summed E-state index contributed by atoms with van der Waals surface area (Å²) < 4.78 is 4.77. The zero-order chi connectivity index (χ0) is 13.0. The van der Waals surface area contributed by atoms with E-state index in [1.165, 1.54) is 12.1 Å². The Hall–Kier alpha value is -0.970. The third kappa shape index (κ3) is 3.77. The predicted octanol–water partition coefficient (Wildman–Crippen LogP) is 2.65. The second-order valence-corrected chi connectivity index (χ2v) is 4.28. The number of rotatable bonds is 4. The molecular weight excluding hydrogens is 265 g/mol. The smallest absolute Gasteiger partial charge is 0.307 e. The Bertz CT molecular complexity index is 423. The van der Waals surface area contributed by atoms with E-state index in [4.69, 9.17) is 33.7 Å². The van der Waals surface area contributed by atoms with Gasteiger partial charge in [0.1, 0.15) is 5.75 Å². The van der Waals surface area contributed by atoms with E-state index in [-0.39, 0.29) is 23.8 Å². The van der Waals surface area contributed by atoms with Crippen LogP contribution in [0.1, 0.15) is 24.9 Å². The van der Waals surface area contributed by atoms with Gasteiger partial charge in [0.25, 0.3) is 0 Å². The lowest BCUT2D eigenvalue weighted by atomic mass is 10.0. The highest BCUT2D eigenvalue weighted by atomic mass is 35.5. The summed E-state index contributed by atoms with van der Waals surface area (Å²) in [5.74, 6) is -0.594. The van der Waals surface area contributed by atoms with Gasteiger partial charge in [0.05, 0.1) is 18.1 Å². The van der Waals surface area contributed by atoms with Gasteiger partial charge < -0.3 is 15.6 Å². The van der Waals surface area contributed by atoms with Gasteiger partial charge >= 0.3 is 5.97 Å². The van der Waals surface area contributed by atoms with Gasteiger partial charge in [-0.25, -0.2) is 0 Å². The first-order valence-electron chi connectivity index (χ1n) is 5.04. The van der Waals surface area contributed by atoms with Gasteiger partial charge in [-0.05, 0) is 19.1 Å².